The molecule has 1 aromatic carbocycles. The predicted octanol–water partition coefficient (Wildman–Crippen LogP) is 1.98. The lowest BCUT2D eigenvalue weighted by Gasteiger charge is -2.14. The Labute approximate surface area is 111 Å². The summed E-state index contributed by atoms with van der Waals surface area (Å²) in [6.45, 7) is 3.11. The third-order valence-electron chi connectivity index (χ3n) is 2.98. The van der Waals surface area contributed by atoms with Gasteiger partial charge < -0.3 is 10.4 Å². The monoisotopic (exact) mass is 267 g/mol. The zero-order valence-corrected chi connectivity index (χ0v) is 11.0. The average Bonchev–Trinajstić information content (AvgIpc) is 2.37. The minimum atomic E-state index is -1.07. The second kappa shape index (κ2) is 6.87. The number of benzene rings is 1. The molecule has 2 N–H and O–H groups in total. The Bertz CT molecular complexity index is 462. The van der Waals surface area contributed by atoms with E-state index in [0.29, 0.717) is 18.4 Å². The molecule has 5 heteroatoms. The maximum Gasteiger partial charge on any atom is 0.325 e. The molecule has 0 saturated carbocycles. The van der Waals surface area contributed by atoms with Crippen LogP contribution < -0.4 is 5.32 Å². The number of aliphatic carboxylic acids is 1. The zero-order chi connectivity index (χ0) is 14.4. The molecule has 4 nitrogen and oxygen atoms in total. The van der Waals surface area contributed by atoms with Crippen molar-refractivity contribution < 1.29 is 19.1 Å². The molecule has 0 fully saturated rings. The summed E-state index contributed by atoms with van der Waals surface area (Å²) in [6, 6.07) is 5.51. The van der Waals surface area contributed by atoms with Crippen LogP contribution in [0.3, 0.4) is 0 Å². The minimum absolute atomic E-state index is 0.283. The number of rotatable bonds is 6. The molecule has 1 amide bonds. The SMILES string of the molecule is CC(CCc1ccccc1F)C(=O)NC(C)C(=O)O. The van der Waals surface area contributed by atoms with Crippen LogP contribution in [0.1, 0.15) is 25.8 Å². The van der Waals surface area contributed by atoms with Gasteiger partial charge in [0.15, 0.2) is 0 Å². The van der Waals surface area contributed by atoms with E-state index in [1.54, 1.807) is 25.1 Å². The van der Waals surface area contributed by atoms with E-state index in [9.17, 15) is 14.0 Å². The molecule has 0 aromatic heterocycles. The molecule has 104 valence electrons. The first-order valence-electron chi connectivity index (χ1n) is 6.18. The first-order chi connectivity index (χ1) is 8.91. The molecule has 2 atom stereocenters. The highest BCUT2D eigenvalue weighted by molar-refractivity contribution is 5.84. The number of carboxylic acids is 1. The lowest BCUT2D eigenvalue weighted by atomic mass is 10.00. The smallest absolute Gasteiger partial charge is 0.325 e. The fraction of sp³-hybridized carbons (Fsp3) is 0.429. The Morgan fingerprint density at radius 3 is 2.53 bits per heavy atom. The fourth-order valence-electron chi connectivity index (χ4n) is 1.62. The highest BCUT2D eigenvalue weighted by Gasteiger charge is 2.19. The van der Waals surface area contributed by atoms with E-state index in [-0.39, 0.29) is 17.6 Å². The van der Waals surface area contributed by atoms with Crippen LogP contribution in [0.25, 0.3) is 0 Å². The third-order valence-corrected chi connectivity index (χ3v) is 2.98. The maximum atomic E-state index is 13.4. The standard InChI is InChI=1S/C14H18FNO3/c1-9(13(17)16-10(2)14(18)19)7-8-11-5-3-4-6-12(11)15/h3-6,9-10H,7-8H2,1-2H3,(H,16,17)(H,18,19). The van der Waals surface area contributed by atoms with E-state index in [1.165, 1.54) is 13.0 Å². The van der Waals surface area contributed by atoms with Gasteiger partial charge in [0.05, 0.1) is 0 Å². The lowest BCUT2D eigenvalue weighted by molar-refractivity contribution is -0.141. The van der Waals surface area contributed by atoms with Gasteiger partial charge in [-0.3, -0.25) is 9.59 Å². The number of nitrogens with one attached hydrogen (secondary N) is 1. The molecule has 2 unspecified atom stereocenters. The Balaban J connectivity index is 2.47. The lowest BCUT2D eigenvalue weighted by Crippen LogP contribution is -2.41. The van der Waals surface area contributed by atoms with Crippen LogP contribution in [0.15, 0.2) is 24.3 Å². The fourth-order valence-corrected chi connectivity index (χ4v) is 1.62. The van der Waals surface area contributed by atoms with Gasteiger partial charge in [-0.15, -0.1) is 0 Å². The van der Waals surface area contributed by atoms with Crippen LogP contribution in [0, 0.1) is 11.7 Å². The van der Waals surface area contributed by atoms with Crippen molar-refractivity contribution in [1.29, 1.82) is 0 Å². The first-order valence-corrected chi connectivity index (χ1v) is 6.18. The molecule has 0 spiro atoms. The molecule has 0 aliphatic rings. The van der Waals surface area contributed by atoms with Crippen molar-refractivity contribution in [3.63, 3.8) is 0 Å². The summed E-state index contributed by atoms with van der Waals surface area (Å²) >= 11 is 0. The molecular formula is C14H18FNO3. The maximum absolute atomic E-state index is 13.4. The van der Waals surface area contributed by atoms with Gasteiger partial charge in [0.2, 0.25) is 5.91 Å². The number of carbonyl (C=O) groups excluding carboxylic acids is 1. The van der Waals surface area contributed by atoms with Crippen LogP contribution in [0.5, 0.6) is 0 Å². The van der Waals surface area contributed by atoms with Gasteiger partial charge in [-0.25, -0.2) is 4.39 Å². The summed E-state index contributed by atoms with van der Waals surface area (Å²) in [4.78, 5) is 22.3. The number of carboxylic acid groups (broad SMARTS) is 1. The van der Waals surface area contributed by atoms with Crippen molar-refractivity contribution in [2.45, 2.75) is 32.7 Å². The number of hydrogen-bond acceptors (Lipinski definition) is 2. The summed E-state index contributed by atoms with van der Waals surface area (Å²) in [5.74, 6) is -2.05. The zero-order valence-electron chi connectivity index (χ0n) is 11.0. The topological polar surface area (TPSA) is 66.4 Å². The molecule has 0 aliphatic carbocycles. The minimum Gasteiger partial charge on any atom is -0.480 e. The number of amides is 1. The molecule has 1 rings (SSSR count). The number of hydrogen-bond donors (Lipinski definition) is 2. The van der Waals surface area contributed by atoms with E-state index in [4.69, 9.17) is 5.11 Å². The largest absolute Gasteiger partial charge is 0.480 e. The van der Waals surface area contributed by atoms with Crippen LogP contribution in [-0.4, -0.2) is 23.0 Å². The molecular weight excluding hydrogens is 249 g/mol. The number of halogens is 1. The molecule has 0 heterocycles. The summed E-state index contributed by atoms with van der Waals surface area (Å²) in [7, 11) is 0. The quantitative estimate of drug-likeness (QED) is 0.828. The van der Waals surface area contributed by atoms with Crippen LogP contribution >= 0.6 is 0 Å². The van der Waals surface area contributed by atoms with Crippen molar-refractivity contribution in [3.05, 3.63) is 35.6 Å². The Morgan fingerprint density at radius 1 is 1.32 bits per heavy atom. The van der Waals surface area contributed by atoms with E-state index < -0.39 is 12.0 Å². The summed E-state index contributed by atoms with van der Waals surface area (Å²) < 4.78 is 13.4. The van der Waals surface area contributed by atoms with Gasteiger partial charge >= 0.3 is 5.97 Å². The van der Waals surface area contributed by atoms with Gasteiger partial charge in [0.25, 0.3) is 0 Å². The van der Waals surface area contributed by atoms with E-state index in [1.807, 2.05) is 0 Å². The third kappa shape index (κ3) is 4.69. The Kier molecular flexibility index (Phi) is 5.48. The Hall–Kier alpha value is -1.91. The highest BCUT2D eigenvalue weighted by Crippen LogP contribution is 2.13. The van der Waals surface area contributed by atoms with Gasteiger partial charge in [-0.2, -0.15) is 0 Å². The van der Waals surface area contributed by atoms with Gasteiger partial charge in [-0.1, -0.05) is 25.1 Å². The molecule has 0 saturated heterocycles. The molecule has 19 heavy (non-hydrogen) atoms. The van der Waals surface area contributed by atoms with Crippen molar-refractivity contribution in [2.75, 3.05) is 0 Å². The van der Waals surface area contributed by atoms with Crippen LogP contribution in [0.4, 0.5) is 4.39 Å². The number of aryl methyl sites for hydroxylation is 1. The summed E-state index contributed by atoms with van der Waals surface area (Å²) in [5.41, 5.74) is 0.563. The summed E-state index contributed by atoms with van der Waals surface area (Å²) in [6.07, 6.45) is 0.918. The van der Waals surface area contributed by atoms with Gasteiger partial charge in [-0.05, 0) is 31.4 Å². The second-order valence-corrected chi connectivity index (χ2v) is 4.60. The van der Waals surface area contributed by atoms with Crippen molar-refractivity contribution in [3.8, 4) is 0 Å². The van der Waals surface area contributed by atoms with E-state index in [0.717, 1.165) is 0 Å². The van der Waals surface area contributed by atoms with Gasteiger partial charge in [0.1, 0.15) is 11.9 Å². The van der Waals surface area contributed by atoms with E-state index in [2.05, 4.69) is 5.32 Å². The Morgan fingerprint density at radius 2 is 1.95 bits per heavy atom. The van der Waals surface area contributed by atoms with Crippen molar-refractivity contribution in [1.82, 2.24) is 5.32 Å². The van der Waals surface area contributed by atoms with Crippen molar-refractivity contribution >= 4 is 11.9 Å². The highest BCUT2D eigenvalue weighted by atomic mass is 19.1. The molecule has 0 radical (unpaired) electrons. The predicted molar refractivity (Wildman–Crippen MR) is 69.1 cm³/mol. The molecule has 0 bridgehead atoms. The molecule has 0 aliphatic heterocycles. The average molecular weight is 267 g/mol. The van der Waals surface area contributed by atoms with Crippen LogP contribution in [0.2, 0.25) is 0 Å². The second-order valence-electron chi connectivity index (χ2n) is 4.60. The van der Waals surface area contributed by atoms with Crippen LogP contribution in [-0.2, 0) is 16.0 Å². The normalized spacial score (nSPS) is 13.6. The van der Waals surface area contributed by atoms with Crippen molar-refractivity contribution in [2.24, 2.45) is 5.92 Å². The molecule has 1 aromatic rings. The first kappa shape index (κ1) is 15.1. The number of carbonyl (C=O) groups is 2. The van der Waals surface area contributed by atoms with E-state index >= 15 is 0 Å². The van der Waals surface area contributed by atoms with Gasteiger partial charge in [0, 0.05) is 5.92 Å². The summed E-state index contributed by atoms with van der Waals surface area (Å²) in [5, 5.41) is 11.1.